The first-order chi connectivity index (χ1) is 18.0. The second-order valence-corrected chi connectivity index (χ2v) is 9.41. The molecule has 3 aromatic carbocycles. The van der Waals surface area contributed by atoms with Crippen LogP contribution in [0.2, 0.25) is 5.02 Å². The van der Waals surface area contributed by atoms with Crippen LogP contribution in [0.4, 0.5) is 13.2 Å². The van der Waals surface area contributed by atoms with Gasteiger partial charge in [0.1, 0.15) is 11.7 Å². The van der Waals surface area contributed by atoms with Crippen LogP contribution in [-0.2, 0) is 21.5 Å². The van der Waals surface area contributed by atoms with Crippen molar-refractivity contribution in [2.45, 2.75) is 18.0 Å². The van der Waals surface area contributed by atoms with E-state index in [1.54, 1.807) is 24.3 Å². The molecule has 11 heteroatoms. The van der Waals surface area contributed by atoms with Crippen LogP contribution in [0.15, 0.2) is 84.6 Å². The molecule has 0 aliphatic carbocycles. The molecule has 0 aliphatic heterocycles. The number of benzene rings is 3. The second kappa shape index (κ2) is 13.2. The molecule has 0 radical (unpaired) electrons. The van der Waals surface area contributed by atoms with Gasteiger partial charge in [0, 0.05) is 22.1 Å². The third-order valence-corrected chi connectivity index (χ3v) is 6.62. The van der Waals surface area contributed by atoms with Gasteiger partial charge in [-0.1, -0.05) is 60.1 Å². The number of rotatable bonds is 10. The van der Waals surface area contributed by atoms with Crippen molar-refractivity contribution in [3.05, 3.63) is 112 Å². The molecule has 3 N–H and O–H groups in total. The summed E-state index contributed by atoms with van der Waals surface area (Å²) >= 11 is 7.48. The lowest BCUT2D eigenvalue weighted by Crippen LogP contribution is -2.45. The lowest BCUT2D eigenvalue weighted by atomic mass is 10.1. The van der Waals surface area contributed by atoms with Crippen LogP contribution in [0.25, 0.3) is 6.08 Å². The third kappa shape index (κ3) is 8.39. The Morgan fingerprint density at radius 1 is 0.947 bits per heavy atom. The van der Waals surface area contributed by atoms with Crippen LogP contribution >= 0.6 is 23.4 Å². The Morgan fingerprint density at radius 2 is 1.58 bits per heavy atom. The van der Waals surface area contributed by atoms with Crippen LogP contribution < -0.4 is 10.6 Å². The lowest BCUT2D eigenvalue weighted by Gasteiger charge is -2.17. The highest BCUT2D eigenvalue weighted by Crippen LogP contribution is 2.29. The maximum Gasteiger partial charge on any atom is 0.416 e. The molecule has 0 saturated heterocycles. The Hall–Kier alpha value is -3.76. The number of carbonyl (C=O) groups is 3. The van der Waals surface area contributed by atoms with E-state index in [2.05, 4.69) is 10.6 Å². The Morgan fingerprint density at radius 3 is 2.18 bits per heavy atom. The van der Waals surface area contributed by atoms with Crippen molar-refractivity contribution in [3.8, 4) is 0 Å². The van der Waals surface area contributed by atoms with Gasteiger partial charge >= 0.3 is 12.1 Å². The number of alkyl halides is 3. The number of nitrogens with one attached hydrogen (secondary N) is 2. The molecule has 0 heterocycles. The van der Waals surface area contributed by atoms with E-state index in [1.165, 1.54) is 17.8 Å². The molecule has 0 aliphatic rings. The molecule has 198 valence electrons. The highest BCUT2D eigenvalue weighted by molar-refractivity contribution is 7.98. The summed E-state index contributed by atoms with van der Waals surface area (Å²) in [6, 6.07) is 18.0. The Balaban J connectivity index is 1.79. The van der Waals surface area contributed by atoms with Crippen LogP contribution in [0.3, 0.4) is 0 Å². The van der Waals surface area contributed by atoms with Gasteiger partial charge in [-0.25, -0.2) is 4.79 Å². The van der Waals surface area contributed by atoms with Gasteiger partial charge in [0.2, 0.25) is 0 Å². The van der Waals surface area contributed by atoms with E-state index >= 15 is 0 Å². The first-order valence-corrected chi connectivity index (χ1v) is 12.7. The molecule has 3 aromatic rings. The van der Waals surface area contributed by atoms with Gasteiger partial charge < -0.3 is 15.7 Å². The minimum Gasteiger partial charge on any atom is -0.480 e. The van der Waals surface area contributed by atoms with Crippen molar-refractivity contribution < 1.29 is 32.7 Å². The summed E-state index contributed by atoms with van der Waals surface area (Å²) in [4.78, 5) is 37.7. The molecular weight excluding hydrogens is 541 g/mol. The van der Waals surface area contributed by atoms with E-state index in [0.717, 1.165) is 29.8 Å². The number of carboxylic acid groups (broad SMARTS) is 1. The molecule has 2 amide bonds. The van der Waals surface area contributed by atoms with Gasteiger partial charge in [0.15, 0.2) is 0 Å². The molecule has 0 unspecified atom stereocenters. The molecule has 3 rings (SSSR count). The summed E-state index contributed by atoms with van der Waals surface area (Å²) < 4.78 is 38.6. The van der Waals surface area contributed by atoms with Gasteiger partial charge in [-0.3, -0.25) is 9.59 Å². The number of halogens is 4. The maximum absolute atomic E-state index is 13.1. The summed E-state index contributed by atoms with van der Waals surface area (Å²) in [7, 11) is 0. The van der Waals surface area contributed by atoms with Crippen molar-refractivity contribution in [2.24, 2.45) is 0 Å². The summed E-state index contributed by atoms with van der Waals surface area (Å²) in [6.07, 6.45) is -3.32. The topological polar surface area (TPSA) is 95.5 Å². The van der Waals surface area contributed by atoms with Crippen molar-refractivity contribution in [1.29, 1.82) is 0 Å². The standard InChI is InChI=1S/C27H22ClF3N2O4S/c28-21-9-5-4-8-19(21)14-22(32-24(34)18-10-12-20(13-11-18)27(29,30)31)25(35)33-23(26(36)37)16-38-15-17-6-2-1-3-7-17/h1-14,23H,15-16H2,(H,32,34)(H,33,35)(H,36,37)/t23-/m0/s1. The number of hydrogen-bond acceptors (Lipinski definition) is 4. The van der Waals surface area contributed by atoms with Gasteiger partial charge in [0.25, 0.3) is 11.8 Å². The molecule has 0 bridgehead atoms. The first kappa shape index (κ1) is 28.8. The van der Waals surface area contributed by atoms with Gasteiger partial charge in [-0.2, -0.15) is 24.9 Å². The Bertz CT molecular complexity index is 1320. The first-order valence-electron chi connectivity index (χ1n) is 11.1. The summed E-state index contributed by atoms with van der Waals surface area (Å²) in [5.41, 5.74) is -0.0595. The fraction of sp³-hybridized carbons (Fsp3) is 0.148. The number of thioether (sulfide) groups is 1. The molecule has 0 aromatic heterocycles. The predicted molar refractivity (Wildman–Crippen MR) is 141 cm³/mol. The number of carbonyl (C=O) groups excluding carboxylic acids is 2. The van der Waals surface area contributed by atoms with Gasteiger partial charge in [-0.05, 0) is 47.5 Å². The molecule has 0 fully saturated rings. The van der Waals surface area contributed by atoms with E-state index in [4.69, 9.17) is 11.6 Å². The number of hydrogen-bond donors (Lipinski definition) is 3. The summed E-state index contributed by atoms with van der Waals surface area (Å²) in [5, 5.41) is 14.7. The molecule has 6 nitrogen and oxygen atoms in total. The number of carboxylic acids is 1. The van der Waals surface area contributed by atoms with Crippen molar-refractivity contribution in [3.63, 3.8) is 0 Å². The van der Waals surface area contributed by atoms with Crippen molar-refractivity contribution in [1.82, 2.24) is 10.6 Å². The number of amides is 2. The van der Waals surface area contributed by atoms with E-state index in [0.29, 0.717) is 11.3 Å². The molecule has 1 atom stereocenters. The molecule has 38 heavy (non-hydrogen) atoms. The highest BCUT2D eigenvalue weighted by Gasteiger charge is 2.30. The summed E-state index contributed by atoms with van der Waals surface area (Å²) in [6.45, 7) is 0. The van der Waals surface area contributed by atoms with Gasteiger partial charge in [0.05, 0.1) is 5.56 Å². The van der Waals surface area contributed by atoms with E-state index in [1.807, 2.05) is 30.3 Å². The Kier molecular flexibility index (Phi) is 9.98. The average Bonchev–Trinajstić information content (AvgIpc) is 2.89. The smallest absolute Gasteiger partial charge is 0.416 e. The minimum absolute atomic E-state index is 0.0438. The number of aliphatic carboxylic acids is 1. The van der Waals surface area contributed by atoms with Crippen LogP contribution in [-0.4, -0.2) is 34.7 Å². The van der Waals surface area contributed by atoms with Crippen LogP contribution in [0.1, 0.15) is 27.0 Å². The van der Waals surface area contributed by atoms with Gasteiger partial charge in [-0.15, -0.1) is 0 Å². The minimum atomic E-state index is -4.58. The highest BCUT2D eigenvalue weighted by atomic mass is 35.5. The SMILES string of the molecule is O=C(N[C@@H](CSCc1ccccc1)C(=O)O)C(=Cc1ccccc1Cl)NC(=O)c1ccc(C(F)(F)F)cc1. The predicted octanol–water partition coefficient (Wildman–Crippen LogP) is 5.63. The van der Waals surface area contributed by atoms with E-state index < -0.39 is 35.6 Å². The maximum atomic E-state index is 13.1. The zero-order valence-electron chi connectivity index (χ0n) is 19.7. The molecule has 0 spiro atoms. The third-order valence-electron chi connectivity index (χ3n) is 5.17. The fourth-order valence-corrected chi connectivity index (χ4v) is 4.39. The average molecular weight is 563 g/mol. The Labute approximate surface area is 225 Å². The van der Waals surface area contributed by atoms with E-state index in [-0.39, 0.29) is 22.0 Å². The second-order valence-electron chi connectivity index (χ2n) is 7.97. The normalized spacial score (nSPS) is 12.5. The quantitative estimate of drug-likeness (QED) is 0.278. The van der Waals surface area contributed by atoms with Crippen LogP contribution in [0.5, 0.6) is 0 Å². The molecule has 0 saturated carbocycles. The van der Waals surface area contributed by atoms with Crippen LogP contribution in [0, 0.1) is 0 Å². The summed E-state index contributed by atoms with van der Waals surface area (Å²) in [5.74, 6) is -2.48. The van der Waals surface area contributed by atoms with Crippen molar-refractivity contribution >= 4 is 47.2 Å². The zero-order valence-corrected chi connectivity index (χ0v) is 21.2. The van der Waals surface area contributed by atoms with E-state index in [9.17, 15) is 32.7 Å². The molecular formula is C27H22ClF3N2O4S. The van der Waals surface area contributed by atoms with Crippen molar-refractivity contribution in [2.75, 3.05) is 5.75 Å². The zero-order chi connectivity index (χ0) is 27.7. The monoisotopic (exact) mass is 562 g/mol. The lowest BCUT2D eigenvalue weighted by molar-refractivity contribution is -0.140. The fourth-order valence-electron chi connectivity index (χ4n) is 3.19. The largest absolute Gasteiger partial charge is 0.480 e.